The molecule has 0 aromatic carbocycles. The van der Waals surface area contributed by atoms with Crippen LogP contribution < -0.4 is 0 Å². The molecule has 2 heteroatoms. The summed E-state index contributed by atoms with van der Waals surface area (Å²) in [6.45, 7) is 12.6. The summed E-state index contributed by atoms with van der Waals surface area (Å²) >= 11 is 3.75. The molecule has 0 N–H and O–H groups in total. The number of fused-ring (bicyclic) bond motifs is 5. The molecule has 4 rings (SSSR count). The Labute approximate surface area is 188 Å². The maximum Gasteiger partial charge on any atom is 0.146 e. The third-order valence-electron chi connectivity index (χ3n) is 10.7. The molecule has 0 aromatic heterocycles. The van der Waals surface area contributed by atoms with E-state index >= 15 is 0 Å². The van der Waals surface area contributed by atoms with Crippen LogP contribution >= 0.6 is 15.9 Å². The summed E-state index contributed by atoms with van der Waals surface area (Å²) in [5, 5.41) is 0. The van der Waals surface area contributed by atoms with Gasteiger partial charge in [-0.15, -0.1) is 0 Å². The largest absolute Gasteiger partial charge is 0.298 e. The molecule has 4 fully saturated rings. The van der Waals surface area contributed by atoms with Crippen LogP contribution in [0.5, 0.6) is 0 Å². The zero-order valence-electron chi connectivity index (χ0n) is 19.7. The summed E-state index contributed by atoms with van der Waals surface area (Å²) in [5.74, 6) is 6.56. The summed E-state index contributed by atoms with van der Waals surface area (Å²) in [5.41, 5.74) is 0.979. The molecule has 4 aliphatic carbocycles. The second-order valence-electron chi connectivity index (χ2n) is 12.5. The van der Waals surface area contributed by atoms with E-state index in [4.69, 9.17) is 0 Å². The summed E-state index contributed by atoms with van der Waals surface area (Å²) in [7, 11) is 0. The first kappa shape index (κ1) is 22.3. The number of Topliss-reactive ketones (excluding diaryl/α,β-unsaturated/α-hetero) is 1. The lowest BCUT2D eigenvalue weighted by atomic mass is 9.44. The lowest BCUT2D eigenvalue weighted by Crippen LogP contribution is -2.55. The molecular formula is C27H45BrO. The molecule has 0 aromatic rings. The fourth-order valence-electron chi connectivity index (χ4n) is 9.08. The second kappa shape index (κ2) is 8.25. The molecule has 0 amide bonds. The van der Waals surface area contributed by atoms with Gasteiger partial charge in [0.25, 0.3) is 0 Å². The van der Waals surface area contributed by atoms with Crippen molar-refractivity contribution >= 4 is 21.7 Å². The Hall–Kier alpha value is 0.150. The first-order valence-electron chi connectivity index (χ1n) is 12.8. The summed E-state index contributed by atoms with van der Waals surface area (Å²) in [6, 6.07) is 0. The van der Waals surface area contributed by atoms with Gasteiger partial charge >= 0.3 is 0 Å². The average molecular weight is 466 g/mol. The summed E-state index contributed by atoms with van der Waals surface area (Å²) < 4.78 is 0. The van der Waals surface area contributed by atoms with Gasteiger partial charge in [-0.2, -0.15) is 0 Å². The number of hydrogen-bond donors (Lipinski definition) is 0. The van der Waals surface area contributed by atoms with E-state index in [1.54, 1.807) is 0 Å². The fraction of sp³-hybridized carbons (Fsp3) is 0.963. The van der Waals surface area contributed by atoms with Crippen molar-refractivity contribution in [2.24, 2.45) is 52.3 Å². The fourth-order valence-corrected chi connectivity index (χ4v) is 9.97. The van der Waals surface area contributed by atoms with Crippen molar-refractivity contribution in [2.75, 3.05) is 0 Å². The lowest BCUT2D eigenvalue weighted by molar-refractivity contribution is -0.139. The predicted molar refractivity (Wildman–Crippen MR) is 126 cm³/mol. The molecule has 166 valence electrons. The molecule has 0 aliphatic heterocycles. The predicted octanol–water partition coefficient (Wildman–Crippen LogP) is 8.05. The third kappa shape index (κ3) is 3.80. The van der Waals surface area contributed by atoms with E-state index in [1.165, 1.54) is 57.8 Å². The minimum atomic E-state index is 0.119. The first-order valence-corrected chi connectivity index (χ1v) is 13.7. The molecule has 1 nitrogen and oxygen atoms in total. The molecule has 0 unspecified atom stereocenters. The van der Waals surface area contributed by atoms with Crippen LogP contribution in [-0.2, 0) is 4.79 Å². The molecule has 9 atom stereocenters. The van der Waals surface area contributed by atoms with Crippen molar-refractivity contribution in [1.29, 1.82) is 0 Å². The molecule has 0 spiro atoms. The zero-order chi connectivity index (χ0) is 21.0. The van der Waals surface area contributed by atoms with Crippen molar-refractivity contribution in [3.63, 3.8) is 0 Å². The van der Waals surface area contributed by atoms with E-state index in [0.29, 0.717) is 22.5 Å². The van der Waals surface area contributed by atoms with Gasteiger partial charge in [0.05, 0.1) is 4.83 Å². The minimum Gasteiger partial charge on any atom is -0.298 e. The number of halogens is 1. The van der Waals surface area contributed by atoms with Gasteiger partial charge in [-0.1, -0.05) is 69.8 Å². The average Bonchev–Trinajstić information content (AvgIpc) is 3.00. The molecule has 0 heterocycles. The number of carbonyl (C=O) groups excluding carboxylic acids is 1. The first-order chi connectivity index (χ1) is 13.7. The van der Waals surface area contributed by atoms with Gasteiger partial charge in [0, 0.05) is 6.42 Å². The normalized spacial score (nSPS) is 48.2. The van der Waals surface area contributed by atoms with Gasteiger partial charge in [-0.3, -0.25) is 4.79 Å². The van der Waals surface area contributed by atoms with Crippen LogP contribution in [-0.4, -0.2) is 10.6 Å². The second-order valence-corrected chi connectivity index (χ2v) is 13.6. The van der Waals surface area contributed by atoms with Crippen LogP contribution in [0.2, 0.25) is 0 Å². The van der Waals surface area contributed by atoms with E-state index in [-0.39, 0.29) is 4.83 Å². The zero-order valence-corrected chi connectivity index (χ0v) is 21.3. The number of alkyl halides is 1. The van der Waals surface area contributed by atoms with Crippen LogP contribution in [0.3, 0.4) is 0 Å². The number of ketones is 1. The van der Waals surface area contributed by atoms with Crippen LogP contribution in [0.4, 0.5) is 0 Å². The maximum absolute atomic E-state index is 12.4. The van der Waals surface area contributed by atoms with Gasteiger partial charge in [-0.25, -0.2) is 0 Å². The van der Waals surface area contributed by atoms with Crippen molar-refractivity contribution in [3.8, 4) is 0 Å². The van der Waals surface area contributed by atoms with E-state index in [1.807, 2.05) is 0 Å². The maximum atomic E-state index is 12.4. The Bertz CT molecular complexity index is 614. The van der Waals surface area contributed by atoms with Crippen molar-refractivity contribution < 1.29 is 4.79 Å². The highest BCUT2D eigenvalue weighted by Crippen LogP contribution is 2.68. The summed E-state index contributed by atoms with van der Waals surface area (Å²) in [6.07, 6.45) is 14.7. The molecule has 0 saturated heterocycles. The number of carbonyl (C=O) groups is 1. The highest BCUT2D eigenvalue weighted by molar-refractivity contribution is 9.10. The van der Waals surface area contributed by atoms with Gasteiger partial charge in [0.2, 0.25) is 0 Å². The quantitative estimate of drug-likeness (QED) is 0.375. The van der Waals surface area contributed by atoms with Gasteiger partial charge in [0.1, 0.15) is 5.78 Å². The molecule has 29 heavy (non-hydrogen) atoms. The van der Waals surface area contributed by atoms with Crippen molar-refractivity contribution in [1.82, 2.24) is 0 Å². The molecule has 0 radical (unpaired) electrons. The van der Waals surface area contributed by atoms with Gasteiger partial charge < -0.3 is 0 Å². The Kier molecular flexibility index (Phi) is 6.36. The lowest BCUT2D eigenvalue weighted by Gasteiger charge is -2.61. The highest BCUT2D eigenvalue weighted by atomic mass is 79.9. The Morgan fingerprint density at radius 2 is 1.69 bits per heavy atom. The smallest absolute Gasteiger partial charge is 0.146 e. The van der Waals surface area contributed by atoms with Crippen LogP contribution in [0.1, 0.15) is 105 Å². The molecular weight excluding hydrogens is 420 g/mol. The van der Waals surface area contributed by atoms with Crippen LogP contribution in [0.25, 0.3) is 0 Å². The van der Waals surface area contributed by atoms with Crippen LogP contribution in [0.15, 0.2) is 0 Å². The molecule has 4 saturated carbocycles. The Morgan fingerprint density at radius 1 is 0.966 bits per heavy atom. The minimum absolute atomic E-state index is 0.119. The monoisotopic (exact) mass is 464 g/mol. The van der Waals surface area contributed by atoms with Crippen LogP contribution in [0, 0.1) is 52.3 Å². The molecule has 4 aliphatic rings. The number of hydrogen-bond acceptors (Lipinski definition) is 1. The van der Waals surface area contributed by atoms with Gasteiger partial charge in [0.15, 0.2) is 0 Å². The Morgan fingerprint density at radius 3 is 2.41 bits per heavy atom. The highest BCUT2D eigenvalue weighted by Gasteiger charge is 2.61. The van der Waals surface area contributed by atoms with E-state index < -0.39 is 0 Å². The van der Waals surface area contributed by atoms with E-state index in [2.05, 4.69) is 50.5 Å². The van der Waals surface area contributed by atoms with Gasteiger partial charge in [-0.05, 0) is 97.2 Å². The SMILES string of the molecule is CC(C)CCC[C@@H](C)[C@H]1CC[C@H]2[C@@H]3CC[C@@H]4CC(=O)[C@@H](Br)C[C@]4(C)[C@H]3CC[C@]12C. The van der Waals surface area contributed by atoms with E-state index in [0.717, 1.165) is 48.3 Å². The standard InChI is InChI=1S/C27H45BrO/c1-17(2)7-6-8-18(3)21-11-12-22-20-10-9-19-15-25(29)24(28)16-27(19,5)23(20)13-14-26(21,22)4/h17-24H,6-16H2,1-5H3/t18-,19-,20+,21-,22+,23+,24+,26-,27+/m1/s1. The summed E-state index contributed by atoms with van der Waals surface area (Å²) in [4.78, 5) is 12.5. The number of rotatable bonds is 5. The topological polar surface area (TPSA) is 17.1 Å². The van der Waals surface area contributed by atoms with Crippen molar-refractivity contribution in [2.45, 2.75) is 110 Å². The van der Waals surface area contributed by atoms with E-state index in [9.17, 15) is 4.79 Å². The third-order valence-corrected chi connectivity index (χ3v) is 11.5. The molecule has 0 bridgehead atoms. The van der Waals surface area contributed by atoms with Crippen molar-refractivity contribution in [3.05, 3.63) is 0 Å². The Balaban J connectivity index is 1.48.